The number of esters is 1. The number of hydrogen-bond acceptors (Lipinski definition) is 3. The Labute approximate surface area is 99.1 Å². The van der Waals surface area contributed by atoms with Crippen molar-refractivity contribution in [1.29, 1.82) is 0 Å². The third-order valence-electron chi connectivity index (χ3n) is 2.84. The molecule has 1 saturated heterocycles. The molecule has 0 aliphatic carbocycles. The Balaban J connectivity index is 2.55. The van der Waals surface area contributed by atoms with Crippen LogP contribution in [0, 0.1) is 5.92 Å². The summed E-state index contributed by atoms with van der Waals surface area (Å²) >= 11 is 0. The van der Waals surface area contributed by atoms with E-state index in [1.165, 1.54) is 6.42 Å². The molecule has 0 aromatic rings. The number of rotatable bonds is 4. The molecule has 0 aromatic carbocycles. The first kappa shape index (κ1) is 13.5. The lowest BCUT2D eigenvalue weighted by Gasteiger charge is -2.35. The molecule has 0 amide bonds. The predicted octanol–water partition coefficient (Wildman–Crippen LogP) is 2.45. The van der Waals surface area contributed by atoms with Crippen LogP contribution in [0.5, 0.6) is 0 Å². The van der Waals surface area contributed by atoms with Gasteiger partial charge in [0, 0.05) is 6.54 Å². The Morgan fingerprint density at radius 1 is 1.31 bits per heavy atom. The fourth-order valence-electron chi connectivity index (χ4n) is 2.26. The monoisotopic (exact) mass is 227 g/mol. The van der Waals surface area contributed by atoms with Gasteiger partial charge in [-0.15, -0.1) is 0 Å². The zero-order valence-corrected chi connectivity index (χ0v) is 11.0. The van der Waals surface area contributed by atoms with E-state index in [0.29, 0.717) is 5.92 Å². The maximum atomic E-state index is 11.9. The van der Waals surface area contributed by atoms with Crippen LogP contribution in [0.4, 0.5) is 0 Å². The summed E-state index contributed by atoms with van der Waals surface area (Å²) in [7, 11) is 0. The van der Waals surface area contributed by atoms with Gasteiger partial charge in [0.25, 0.3) is 0 Å². The maximum absolute atomic E-state index is 11.9. The minimum absolute atomic E-state index is 0.00134. The third kappa shape index (κ3) is 4.12. The molecule has 1 atom stereocenters. The van der Waals surface area contributed by atoms with Crippen LogP contribution in [0.1, 0.15) is 47.0 Å². The molecule has 0 saturated carbocycles. The first-order valence-electron chi connectivity index (χ1n) is 6.45. The van der Waals surface area contributed by atoms with Crippen LogP contribution < -0.4 is 0 Å². The SMILES string of the molecule is CC(C)CN1CCCCC1C(=O)OC(C)C. The van der Waals surface area contributed by atoms with E-state index in [1.54, 1.807) is 0 Å². The van der Waals surface area contributed by atoms with E-state index in [2.05, 4.69) is 18.7 Å². The van der Waals surface area contributed by atoms with Crippen molar-refractivity contribution in [3.8, 4) is 0 Å². The molecule has 1 rings (SSSR count). The van der Waals surface area contributed by atoms with Crippen molar-refractivity contribution >= 4 is 5.97 Å². The third-order valence-corrected chi connectivity index (χ3v) is 2.84. The van der Waals surface area contributed by atoms with Gasteiger partial charge in [-0.1, -0.05) is 20.3 Å². The minimum atomic E-state index is -0.0321. The Morgan fingerprint density at radius 2 is 2.00 bits per heavy atom. The molecule has 3 heteroatoms. The van der Waals surface area contributed by atoms with E-state index in [9.17, 15) is 4.79 Å². The second-order valence-electron chi connectivity index (χ2n) is 5.39. The van der Waals surface area contributed by atoms with Crippen LogP contribution >= 0.6 is 0 Å². The average Bonchev–Trinajstić information content (AvgIpc) is 2.16. The van der Waals surface area contributed by atoms with Crippen molar-refractivity contribution in [1.82, 2.24) is 4.90 Å². The first-order chi connectivity index (χ1) is 7.50. The Morgan fingerprint density at radius 3 is 2.56 bits per heavy atom. The van der Waals surface area contributed by atoms with Gasteiger partial charge >= 0.3 is 5.97 Å². The van der Waals surface area contributed by atoms with E-state index in [0.717, 1.165) is 25.9 Å². The number of hydrogen-bond donors (Lipinski definition) is 0. The Hall–Kier alpha value is -0.570. The number of likely N-dealkylation sites (tertiary alicyclic amines) is 1. The number of ether oxygens (including phenoxy) is 1. The van der Waals surface area contributed by atoms with E-state index in [1.807, 2.05) is 13.8 Å². The highest BCUT2D eigenvalue weighted by molar-refractivity contribution is 5.76. The highest BCUT2D eigenvalue weighted by Crippen LogP contribution is 2.19. The van der Waals surface area contributed by atoms with E-state index in [-0.39, 0.29) is 18.1 Å². The van der Waals surface area contributed by atoms with Gasteiger partial charge in [-0.25, -0.2) is 0 Å². The summed E-state index contributed by atoms with van der Waals surface area (Å²) in [6.07, 6.45) is 3.30. The molecule has 0 radical (unpaired) electrons. The average molecular weight is 227 g/mol. The van der Waals surface area contributed by atoms with Crippen LogP contribution in [-0.2, 0) is 9.53 Å². The molecule has 1 fully saturated rings. The summed E-state index contributed by atoms with van der Waals surface area (Å²) in [6, 6.07) is -0.00134. The van der Waals surface area contributed by atoms with Crippen molar-refractivity contribution < 1.29 is 9.53 Å². The fraction of sp³-hybridized carbons (Fsp3) is 0.923. The van der Waals surface area contributed by atoms with Gasteiger partial charge in [0.15, 0.2) is 0 Å². The van der Waals surface area contributed by atoms with Gasteiger partial charge in [-0.05, 0) is 39.2 Å². The molecule has 0 spiro atoms. The molecule has 0 N–H and O–H groups in total. The van der Waals surface area contributed by atoms with Crippen LogP contribution in [0.3, 0.4) is 0 Å². The molecular weight excluding hydrogens is 202 g/mol. The van der Waals surface area contributed by atoms with Gasteiger partial charge in [0.05, 0.1) is 6.10 Å². The van der Waals surface area contributed by atoms with E-state index in [4.69, 9.17) is 4.74 Å². The number of carbonyl (C=O) groups is 1. The quantitative estimate of drug-likeness (QED) is 0.691. The lowest BCUT2D eigenvalue weighted by molar-refractivity contribution is -0.155. The molecule has 1 heterocycles. The molecule has 1 aliphatic rings. The normalized spacial score (nSPS) is 22.8. The van der Waals surface area contributed by atoms with Crippen LogP contribution in [0.15, 0.2) is 0 Å². The van der Waals surface area contributed by atoms with Gasteiger partial charge in [0.1, 0.15) is 6.04 Å². The highest BCUT2D eigenvalue weighted by Gasteiger charge is 2.30. The molecule has 1 unspecified atom stereocenters. The smallest absolute Gasteiger partial charge is 0.323 e. The number of piperidine rings is 1. The molecule has 0 bridgehead atoms. The van der Waals surface area contributed by atoms with Crippen molar-refractivity contribution in [2.75, 3.05) is 13.1 Å². The lowest BCUT2D eigenvalue weighted by atomic mass is 10.0. The molecule has 0 aromatic heterocycles. The molecular formula is C13H25NO2. The fourth-order valence-corrected chi connectivity index (χ4v) is 2.26. The molecule has 16 heavy (non-hydrogen) atoms. The summed E-state index contributed by atoms with van der Waals surface area (Å²) in [5.41, 5.74) is 0. The largest absolute Gasteiger partial charge is 0.462 e. The Kier molecular flexibility index (Phi) is 5.26. The first-order valence-corrected chi connectivity index (χ1v) is 6.45. The van der Waals surface area contributed by atoms with Crippen LogP contribution in [0.25, 0.3) is 0 Å². The predicted molar refractivity (Wildman–Crippen MR) is 65.3 cm³/mol. The maximum Gasteiger partial charge on any atom is 0.323 e. The second kappa shape index (κ2) is 6.24. The summed E-state index contributed by atoms with van der Waals surface area (Å²) in [6.45, 7) is 10.2. The standard InChI is InChI=1S/C13H25NO2/c1-10(2)9-14-8-6-5-7-12(14)13(15)16-11(3)4/h10-12H,5-9H2,1-4H3. The molecule has 1 aliphatic heterocycles. The number of nitrogens with zero attached hydrogens (tertiary/aromatic N) is 1. The lowest BCUT2D eigenvalue weighted by Crippen LogP contribution is -2.47. The van der Waals surface area contributed by atoms with Crippen LogP contribution in [-0.4, -0.2) is 36.1 Å². The van der Waals surface area contributed by atoms with Gasteiger partial charge < -0.3 is 4.74 Å². The topological polar surface area (TPSA) is 29.5 Å². The van der Waals surface area contributed by atoms with Crippen molar-refractivity contribution in [3.63, 3.8) is 0 Å². The van der Waals surface area contributed by atoms with Crippen molar-refractivity contribution in [2.24, 2.45) is 5.92 Å². The second-order valence-corrected chi connectivity index (χ2v) is 5.39. The van der Waals surface area contributed by atoms with Gasteiger partial charge in [-0.2, -0.15) is 0 Å². The summed E-state index contributed by atoms with van der Waals surface area (Å²) < 4.78 is 5.32. The Bertz CT molecular complexity index is 226. The van der Waals surface area contributed by atoms with Crippen molar-refractivity contribution in [3.05, 3.63) is 0 Å². The van der Waals surface area contributed by atoms with E-state index < -0.39 is 0 Å². The zero-order valence-electron chi connectivity index (χ0n) is 11.0. The molecule has 94 valence electrons. The summed E-state index contributed by atoms with van der Waals surface area (Å²) in [4.78, 5) is 14.2. The van der Waals surface area contributed by atoms with Gasteiger partial charge in [0.2, 0.25) is 0 Å². The minimum Gasteiger partial charge on any atom is -0.462 e. The summed E-state index contributed by atoms with van der Waals surface area (Å²) in [5.74, 6) is 0.572. The highest BCUT2D eigenvalue weighted by atomic mass is 16.5. The van der Waals surface area contributed by atoms with Gasteiger partial charge in [-0.3, -0.25) is 9.69 Å². The number of carbonyl (C=O) groups excluding carboxylic acids is 1. The summed E-state index contributed by atoms with van der Waals surface area (Å²) in [5, 5.41) is 0. The van der Waals surface area contributed by atoms with Crippen LogP contribution in [0.2, 0.25) is 0 Å². The van der Waals surface area contributed by atoms with Crippen molar-refractivity contribution in [2.45, 2.75) is 59.1 Å². The molecule has 3 nitrogen and oxygen atoms in total. The zero-order chi connectivity index (χ0) is 12.1. The van der Waals surface area contributed by atoms with E-state index >= 15 is 0 Å².